The number of fused-ring (bicyclic) bond motifs is 15. The third kappa shape index (κ3) is 5.44. The fourth-order valence-electron chi connectivity index (χ4n) is 10.1. The van der Waals surface area contributed by atoms with E-state index in [4.69, 9.17) is 16.8 Å². The number of para-hydroxylation sites is 2. The third-order valence-electron chi connectivity index (χ3n) is 14.0. The van der Waals surface area contributed by atoms with Crippen LogP contribution in [0.1, 0.15) is 73.4 Å². The van der Waals surface area contributed by atoms with Crippen molar-refractivity contribution in [3.8, 4) is 66.9 Å². The van der Waals surface area contributed by atoms with E-state index in [1.807, 2.05) is 79.0 Å². The van der Waals surface area contributed by atoms with Crippen LogP contribution in [0.25, 0.3) is 93.1 Å². The molecule has 0 radical (unpaired) electrons. The van der Waals surface area contributed by atoms with Crippen molar-refractivity contribution in [2.75, 3.05) is 0 Å². The minimum Gasteiger partial charge on any atom is -0.283 e. The third-order valence-corrected chi connectivity index (χ3v) is 16.3. The molecule has 2 aliphatic rings. The maximum atomic E-state index is 9.18. The Morgan fingerprint density at radius 1 is 0.635 bits per heavy atom. The Bertz CT molecular complexity index is 3890. The lowest BCUT2D eigenvalue weighted by Gasteiger charge is -2.43. The molecule has 1 aliphatic heterocycles. The number of hydrogen-bond acceptors (Lipinski definition) is 5. The van der Waals surface area contributed by atoms with Crippen LogP contribution in [0.4, 0.5) is 0 Å². The summed E-state index contributed by atoms with van der Waals surface area (Å²) in [5, 5.41) is 0. The van der Waals surface area contributed by atoms with Gasteiger partial charge in [0.15, 0.2) is 4.96 Å². The molecule has 4 nitrogen and oxygen atoms in total. The summed E-state index contributed by atoms with van der Waals surface area (Å²) in [5.41, 5.74) is 13.4. The Balaban J connectivity index is 1.13. The molecule has 0 amide bonds. The molecule has 7 aromatic carbocycles. The van der Waals surface area contributed by atoms with E-state index in [9.17, 15) is 4.11 Å². The van der Waals surface area contributed by atoms with E-state index in [1.165, 1.54) is 30.0 Å². The molecule has 0 saturated heterocycles. The molecule has 0 fully saturated rings. The smallest absolute Gasteiger partial charge is 0.195 e. The summed E-state index contributed by atoms with van der Waals surface area (Å²) < 4.78 is 75.9. The molecule has 0 saturated carbocycles. The van der Waals surface area contributed by atoms with E-state index in [1.54, 1.807) is 24.5 Å². The Labute approximate surface area is 388 Å². The molecule has 63 heavy (non-hydrogen) atoms. The predicted octanol–water partition coefficient (Wildman–Crippen LogP) is 15.7. The molecule has 306 valence electrons. The SMILES string of the molecule is [2H]C([2H])([2H])c1cc2c(cc1-c1c(C([2H])([2H])C)ccc3c1sc1nc4ccccc4n13)C(C)(C)C(C)(C)c1ccc(C([2H])([2H])[2H])c(-c3ccc4c(c3)-c3ccccc3-c3ncncc3-c3ccccc3-4)c1S2. The first-order chi connectivity index (χ1) is 33.6. The molecular formula is C57H46N4S2. The Morgan fingerprint density at radius 3 is 2.14 bits per heavy atom. The average molecular weight is 859 g/mol. The van der Waals surface area contributed by atoms with Gasteiger partial charge in [0.25, 0.3) is 0 Å². The number of rotatable bonds is 3. The van der Waals surface area contributed by atoms with E-state index in [-0.39, 0.29) is 11.1 Å². The topological polar surface area (TPSA) is 43.1 Å². The lowest BCUT2D eigenvalue weighted by Crippen LogP contribution is -2.40. The Kier molecular flexibility index (Phi) is 6.73. The van der Waals surface area contributed by atoms with Gasteiger partial charge in [0.1, 0.15) is 6.33 Å². The lowest BCUT2D eigenvalue weighted by atomic mass is 9.60. The summed E-state index contributed by atoms with van der Waals surface area (Å²) in [4.78, 5) is 16.4. The van der Waals surface area contributed by atoms with E-state index < -0.39 is 30.9 Å². The molecule has 12 rings (SSSR count). The highest BCUT2D eigenvalue weighted by Crippen LogP contribution is 2.58. The van der Waals surface area contributed by atoms with Crippen LogP contribution >= 0.6 is 23.1 Å². The number of benzene rings is 7. The van der Waals surface area contributed by atoms with Gasteiger partial charge in [-0.3, -0.25) is 4.40 Å². The number of aromatic nitrogens is 4. The molecule has 3 aromatic heterocycles. The van der Waals surface area contributed by atoms with Gasteiger partial charge in [0, 0.05) is 43.6 Å². The van der Waals surface area contributed by atoms with Gasteiger partial charge in [-0.25, -0.2) is 15.0 Å². The maximum absolute atomic E-state index is 9.18. The van der Waals surface area contributed by atoms with Crippen molar-refractivity contribution in [3.63, 3.8) is 0 Å². The minimum atomic E-state index is -2.63. The van der Waals surface area contributed by atoms with Gasteiger partial charge < -0.3 is 0 Å². The fraction of sp³-hybridized carbons (Fsp3) is 0.175. The zero-order chi connectivity index (χ0) is 49.7. The summed E-state index contributed by atoms with van der Waals surface area (Å²) in [6.07, 6.45) is 1.59. The largest absolute Gasteiger partial charge is 0.283 e. The van der Waals surface area contributed by atoms with Gasteiger partial charge in [-0.1, -0.05) is 149 Å². The number of hydrogen-bond donors (Lipinski definition) is 0. The van der Waals surface area contributed by atoms with Crippen LogP contribution < -0.4 is 0 Å². The van der Waals surface area contributed by atoms with E-state index in [0.717, 1.165) is 92.4 Å². The standard InChI is InChI=1S/C57H46N4S2/c1-8-34-23-26-48-54(63-55-60-46-19-13-14-20-47(46)61(48)55)51(34)41-29-45-49(27-33(41)3)62-53-44(56(4,5)57(45,6)7)25-21-32(2)50(53)35-22-24-39-36-15-9-10-16-37(36)43-30-58-31-59-52(43)40-18-12-11-17-38(40)42(39)28-35/h9-31H,8H2,1-7H3/i2D3,3D3,8D2. The zero-order valence-corrected chi connectivity index (χ0v) is 37.0. The number of nitrogens with zero attached hydrogens (tertiary/aromatic N) is 4. The second-order valence-electron chi connectivity index (χ2n) is 17.7. The first-order valence-corrected chi connectivity index (χ1v) is 22.8. The van der Waals surface area contributed by atoms with Crippen LogP contribution in [0.5, 0.6) is 0 Å². The van der Waals surface area contributed by atoms with Crippen molar-refractivity contribution in [2.45, 2.75) is 75.3 Å². The molecular weight excluding hydrogens is 805 g/mol. The van der Waals surface area contributed by atoms with Gasteiger partial charge in [-0.05, 0) is 140 Å². The Hall–Kier alpha value is -6.34. The first-order valence-electron chi connectivity index (χ1n) is 25.2. The van der Waals surface area contributed by atoms with Crippen molar-refractivity contribution in [1.29, 1.82) is 0 Å². The molecule has 0 bridgehead atoms. The van der Waals surface area contributed by atoms with Crippen molar-refractivity contribution < 1.29 is 11.0 Å². The highest BCUT2D eigenvalue weighted by atomic mass is 32.2. The quantitative estimate of drug-likeness (QED) is 0.178. The molecule has 6 heteroatoms. The van der Waals surface area contributed by atoms with E-state index >= 15 is 0 Å². The van der Waals surface area contributed by atoms with Gasteiger partial charge in [0.05, 0.1) is 26.9 Å². The second-order valence-corrected chi connectivity index (χ2v) is 19.7. The number of aryl methyl sites for hydroxylation is 3. The molecule has 1 aliphatic carbocycles. The highest BCUT2D eigenvalue weighted by molar-refractivity contribution is 7.99. The number of thiazole rings is 1. The molecule has 0 atom stereocenters. The lowest BCUT2D eigenvalue weighted by molar-refractivity contribution is 0.296. The summed E-state index contributed by atoms with van der Waals surface area (Å²) >= 11 is 2.85. The molecule has 4 heterocycles. The zero-order valence-electron chi connectivity index (χ0n) is 43.4. The Morgan fingerprint density at radius 2 is 1.35 bits per heavy atom. The highest BCUT2D eigenvalue weighted by Gasteiger charge is 2.45. The van der Waals surface area contributed by atoms with Crippen molar-refractivity contribution in [3.05, 3.63) is 168 Å². The summed E-state index contributed by atoms with van der Waals surface area (Å²) in [5.74, 6) is 0. The monoisotopic (exact) mass is 858 g/mol. The van der Waals surface area contributed by atoms with E-state index in [0.29, 0.717) is 27.1 Å². The van der Waals surface area contributed by atoms with Crippen LogP contribution in [0.3, 0.4) is 0 Å². The van der Waals surface area contributed by atoms with Gasteiger partial charge in [-0.2, -0.15) is 0 Å². The van der Waals surface area contributed by atoms with Crippen molar-refractivity contribution >= 4 is 49.3 Å². The van der Waals surface area contributed by atoms with Gasteiger partial charge in [0.2, 0.25) is 0 Å². The van der Waals surface area contributed by atoms with Gasteiger partial charge >= 0.3 is 0 Å². The van der Waals surface area contributed by atoms with E-state index in [2.05, 4.69) is 73.5 Å². The molecule has 10 aromatic rings. The fourth-order valence-corrected chi connectivity index (χ4v) is 12.9. The summed E-state index contributed by atoms with van der Waals surface area (Å²) in [6.45, 7) is 5.08. The summed E-state index contributed by atoms with van der Waals surface area (Å²) in [6, 6.07) is 41.7. The average Bonchev–Trinajstić information content (AvgIpc) is 3.86. The first kappa shape index (κ1) is 30.7. The van der Waals surface area contributed by atoms with Crippen LogP contribution in [0.2, 0.25) is 0 Å². The van der Waals surface area contributed by atoms with Crippen molar-refractivity contribution in [1.82, 2.24) is 19.4 Å². The molecule has 0 N–H and O–H groups in total. The van der Waals surface area contributed by atoms with Gasteiger partial charge in [-0.15, -0.1) is 0 Å². The van der Waals surface area contributed by atoms with Crippen LogP contribution in [0, 0.1) is 13.7 Å². The summed E-state index contributed by atoms with van der Waals surface area (Å²) in [7, 11) is 0. The van der Waals surface area contributed by atoms with Crippen LogP contribution in [-0.2, 0) is 17.2 Å². The number of imidazole rings is 1. The van der Waals surface area contributed by atoms with Crippen LogP contribution in [0.15, 0.2) is 150 Å². The normalized spacial score (nSPS) is 17.0. The van der Waals surface area contributed by atoms with Crippen molar-refractivity contribution in [2.24, 2.45) is 0 Å². The second kappa shape index (κ2) is 13.8. The molecule has 0 spiro atoms. The van der Waals surface area contributed by atoms with Crippen LogP contribution in [-0.4, -0.2) is 19.4 Å². The molecule has 0 unspecified atom stereocenters. The predicted molar refractivity (Wildman–Crippen MR) is 265 cm³/mol. The maximum Gasteiger partial charge on any atom is 0.195 e. The minimum absolute atomic E-state index is 0.0867.